The van der Waals surface area contributed by atoms with Gasteiger partial charge in [0.2, 0.25) is 0 Å². The van der Waals surface area contributed by atoms with E-state index in [9.17, 15) is 13.9 Å². The van der Waals surface area contributed by atoms with Crippen molar-refractivity contribution in [2.75, 3.05) is 6.26 Å². The number of hydrogen-bond donors (Lipinski definition) is 1. The fourth-order valence-corrected chi connectivity index (χ4v) is 2.15. The second kappa shape index (κ2) is 3.76. The van der Waals surface area contributed by atoms with Crippen molar-refractivity contribution in [1.29, 1.82) is 0 Å². The molecule has 0 amide bonds. The van der Waals surface area contributed by atoms with Crippen LogP contribution in [-0.2, 0) is 6.42 Å². The van der Waals surface area contributed by atoms with Gasteiger partial charge in [0.1, 0.15) is 11.6 Å². The molecule has 0 saturated heterocycles. The lowest BCUT2D eigenvalue weighted by Crippen LogP contribution is -2.12. The van der Waals surface area contributed by atoms with Crippen LogP contribution in [-0.4, -0.2) is 17.0 Å². The van der Waals surface area contributed by atoms with Crippen molar-refractivity contribution in [1.82, 2.24) is 0 Å². The molecule has 1 aromatic rings. The van der Waals surface area contributed by atoms with E-state index in [0.717, 1.165) is 11.8 Å². The van der Waals surface area contributed by atoms with E-state index in [0.29, 0.717) is 18.4 Å². The molecule has 1 fully saturated rings. The van der Waals surface area contributed by atoms with E-state index in [1.165, 1.54) is 12.1 Å². The van der Waals surface area contributed by atoms with Gasteiger partial charge in [-0.05, 0) is 30.7 Å². The van der Waals surface area contributed by atoms with Gasteiger partial charge in [0.25, 0.3) is 0 Å². The molecule has 82 valence electrons. The van der Waals surface area contributed by atoms with Crippen LogP contribution in [0.15, 0.2) is 17.0 Å². The van der Waals surface area contributed by atoms with E-state index in [2.05, 4.69) is 0 Å². The van der Waals surface area contributed by atoms with Crippen LogP contribution < -0.4 is 0 Å². The molecule has 0 spiro atoms. The molecular weight excluding hydrogens is 218 g/mol. The lowest BCUT2D eigenvalue weighted by atomic mass is 10.1. The average Bonchev–Trinajstić information content (AvgIpc) is 2.90. The van der Waals surface area contributed by atoms with Gasteiger partial charge in [-0.2, -0.15) is 0 Å². The molecule has 0 atom stereocenters. The molecule has 0 bridgehead atoms. The number of aliphatic hydroxyl groups is 1. The van der Waals surface area contributed by atoms with Gasteiger partial charge < -0.3 is 5.11 Å². The summed E-state index contributed by atoms with van der Waals surface area (Å²) in [7, 11) is 0. The summed E-state index contributed by atoms with van der Waals surface area (Å²) in [5.74, 6) is -1.06. The van der Waals surface area contributed by atoms with Crippen LogP contribution in [0.25, 0.3) is 0 Å². The molecule has 2 rings (SSSR count). The Morgan fingerprint density at radius 2 is 2.07 bits per heavy atom. The highest BCUT2D eigenvalue weighted by Crippen LogP contribution is 2.39. The van der Waals surface area contributed by atoms with E-state index < -0.39 is 17.2 Å². The quantitative estimate of drug-likeness (QED) is 0.806. The molecular formula is C11H12F2OS. The minimum absolute atomic E-state index is 0.0387. The molecule has 1 nitrogen and oxygen atoms in total. The van der Waals surface area contributed by atoms with Crippen LogP contribution in [0, 0.1) is 11.6 Å². The van der Waals surface area contributed by atoms with Crippen molar-refractivity contribution < 1.29 is 13.9 Å². The summed E-state index contributed by atoms with van der Waals surface area (Å²) in [4.78, 5) is 0.0387. The van der Waals surface area contributed by atoms with Gasteiger partial charge in [-0.3, -0.25) is 0 Å². The second-order valence-electron chi connectivity index (χ2n) is 3.95. The summed E-state index contributed by atoms with van der Waals surface area (Å²) in [6.45, 7) is 0. The van der Waals surface area contributed by atoms with Crippen LogP contribution >= 0.6 is 11.8 Å². The highest BCUT2D eigenvalue weighted by atomic mass is 32.2. The zero-order valence-electron chi connectivity index (χ0n) is 8.39. The Labute approximate surface area is 91.5 Å². The highest BCUT2D eigenvalue weighted by molar-refractivity contribution is 7.98. The molecule has 1 aliphatic carbocycles. The van der Waals surface area contributed by atoms with Crippen LogP contribution in [0.5, 0.6) is 0 Å². The first-order valence-corrected chi connectivity index (χ1v) is 6.01. The van der Waals surface area contributed by atoms with E-state index in [4.69, 9.17) is 0 Å². The molecule has 1 aliphatic rings. The van der Waals surface area contributed by atoms with Crippen molar-refractivity contribution >= 4 is 11.8 Å². The summed E-state index contributed by atoms with van der Waals surface area (Å²) in [5.41, 5.74) is -0.338. The molecule has 1 aromatic carbocycles. The number of benzene rings is 1. The van der Waals surface area contributed by atoms with Crippen molar-refractivity contribution in [2.45, 2.75) is 29.8 Å². The van der Waals surface area contributed by atoms with Gasteiger partial charge in [-0.25, -0.2) is 8.78 Å². The Morgan fingerprint density at radius 3 is 2.60 bits per heavy atom. The molecule has 0 heterocycles. The molecule has 0 unspecified atom stereocenters. The summed E-state index contributed by atoms with van der Waals surface area (Å²) >= 11 is 1.05. The monoisotopic (exact) mass is 230 g/mol. The molecule has 0 radical (unpaired) electrons. The minimum Gasteiger partial charge on any atom is -0.390 e. The number of halogens is 2. The molecule has 0 aliphatic heterocycles. The summed E-state index contributed by atoms with van der Waals surface area (Å²) in [6, 6.07) is 2.68. The fourth-order valence-electron chi connectivity index (χ4n) is 1.57. The molecule has 0 aromatic heterocycles. The SMILES string of the molecule is CSc1c(F)ccc(CC2(O)CC2)c1F. The van der Waals surface area contributed by atoms with Gasteiger partial charge in [-0.1, -0.05) is 6.07 Å². The standard InChI is InChI=1S/C11H12F2OS/c1-15-10-8(12)3-2-7(9(10)13)6-11(14)4-5-11/h2-3,14H,4-6H2,1H3. The third-order valence-electron chi connectivity index (χ3n) is 2.68. The smallest absolute Gasteiger partial charge is 0.143 e. The van der Waals surface area contributed by atoms with E-state index in [1.54, 1.807) is 6.26 Å². The largest absolute Gasteiger partial charge is 0.390 e. The van der Waals surface area contributed by atoms with Crippen LogP contribution in [0.2, 0.25) is 0 Å². The van der Waals surface area contributed by atoms with Gasteiger partial charge in [0, 0.05) is 6.42 Å². The molecule has 15 heavy (non-hydrogen) atoms. The van der Waals surface area contributed by atoms with Crippen LogP contribution in [0.1, 0.15) is 18.4 Å². The summed E-state index contributed by atoms with van der Waals surface area (Å²) in [6.07, 6.45) is 3.33. The van der Waals surface area contributed by atoms with Crippen molar-refractivity contribution in [3.05, 3.63) is 29.3 Å². The summed E-state index contributed by atoms with van der Waals surface area (Å²) in [5, 5.41) is 9.67. The van der Waals surface area contributed by atoms with E-state index in [-0.39, 0.29) is 11.3 Å². The van der Waals surface area contributed by atoms with Crippen molar-refractivity contribution in [2.24, 2.45) is 0 Å². The third kappa shape index (κ3) is 2.16. The normalized spacial score (nSPS) is 17.9. The van der Waals surface area contributed by atoms with E-state index in [1.807, 2.05) is 0 Å². The lowest BCUT2D eigenvalue weighted by molar-refractivity contribution is 0.149. The summed E-state index contributed by atoms with van der Waals surface area (Å²) < 4.78 is 26.9. The maximum absolute atomic E-state index is 13.7. The first-order chi connectivity index (χ1) is 7.06. The first kappa shape index (κ1) is 10.9. The van der Waals surface area contributed by atoms with Crippen molar-refractivity contribution in [3.8, 4) is 0 Å². The first-order valence-electron chi connectivity index (χ1n) is 4.79. The number of hydrogen-bond acceptors (Lipinski definition) is 2. The predicted molar refractivity (Wildman–Crippen MR) is 56.0 cm³/mol. The fraction of sp³-hybridized carbons (Fsp3) is 0.455. The highest BCUT2D eigenvalue weighted by Gasteiger charge is 2.41. The van der Waals surface area contributed by atoms with Gasteiger partial charge >= 0.3 is 0 Å². The average molecular weight is 230 g/mol. The Hall–Kier alpha value is -0.610. The molecule has 1 saturated carbocycles. The topological polar surface area (TPSA) is 20.2 Å². The lowest BCUT2D eigenvalue weighted by Gasteiger charge is -2.11. The second-order valence-corrected chi connectivity index (χ2v) is 4.77. The Bertz CT molecular complexity index is 388. The van der Waals surface area contributed by atoms with Gasteiger partial charge in [-0.15, -0.1) is 11.8 Å². The predicted octanol–water partition coefficient (Wildman–Crippen LogP) is 2.75. The number of rotatable bonds is 3. The van der Waals surface area contributed by atoms with E-state index >= 15 is 0 Å². The zero-order chi connectivity index (χ0) is 11.1. The van der Waals surface area contributed by atoms with Gasteiger partial charge in [0.15, 0.2) is 0 Å². The maximum atomic E-state index is 13.7. The Kier molecular flexibility index (Phi) is 2.73. The van der Waals surface area contributed by atoms with Crippen molar-refractivity contribution in [3.63, 3.8) is 0 Å². The van der Waals surface area contributed by atoms with Gasteiger partial charge in [0.05, 0.1) is 10.5 Å². The van der Waals surface area contributed by atoms with Crippen LogP contribution in [0.4, 0.5) is 8.78 Å². The zero-order valence-corrected chi connectivity index (χ0v) is 9.20. The third-order valence-corrected chi connectivity index (χ3v) is 3.46. The maximum Gasteiger partial charge on any atom is 0.143 e. The Morgan fingerprint density at radius 1 is 1.40 bits per heavy atom. The minimum atomic E-state index is -0.742. The molecule has 1 N–H and O–H groups in total. The Balaban J connectivity index is 2.31. The van der Waals surface area contributed by atoms with Crippen LogP contribution in [0.3, 0.4) is 0 Å². The molecule has 4 heteroatoms. The number of thioether (sulfide) groups is 1.